The van der Waals surface area contributed by atoms with Gasteiger partial charge >= 0.3 is 0 Å². The van der Waals surface area contributed by atoms with E-state index in [0.29, 0.717) is 0 Å². The average Bonchev–Trinajstić information content (AvgIpc) is 2.40. The van der Waals surface area contributed by atoms with Gasteiger partial charge in [0.15, 0.2) is 0 Å². The fourth-order valence-corrected chi connectivity index (χ4v) is 2.65. The molecule has 0 fully saturated rings. The Morgan fingerprint density at radius 1 is 0.667 bits per heavy atom. The molecule has 0 amide bonds. The lowest BCUT2D eigenvalue weighted by atomic mass is 9.92. The molecule has 0 saturated carbocycles. The molecule has 1 nitrogen and oxygen atoms in total. The van der Waals surface area contributed by atoms with E-state index in [4.69, 9.17) is 0 Å². The molecule has 18 heavy (non-hydrogen) atoms. The molecule has 1 radical (unpaired) electrons. The van der Waals surface area contributed by atoms with Crippen LogP contribution in [0, 0.1) is 5.92 Å². The van der Waals surface area contributed by atoms with Gasteiger partial charge in [-0.2, -0.15) is 0 Å². The lowest BCUT2D eigenvalue weighted by Gasteiger charge is -2.14. The van der Waals surface area contributed by atoms with Crippen molar-refractivity contribution in [2.24, 2.45) is 5.92 Å². The molecule has 0 N–H and O–H groups in total. The minimum absolute atomic E-state index is 0.120. The Morgan fingerprint density at radius 2 is 1.17 bits per heavy atom. The maximum Gasteiger partial charge on any atom is 0.0822 e. The van der Waals surface area contributed by atoms with Crippen molar-refractivity contribution in [2.45, 2.75) is 97.3 Å². The molecule has 1 atom stereocenters. The largest absolute Gasteiger partial charge is 0.237 e. The molecule has 1 unspecified atom stereocenters. The Morgan fingerprint density at radius 3 is 1.67 bits per heavy atom. The van der Waals surface area contributed by atoms with E-state index in [2.05, 4.69) is 13.8 Å². The molecular formula is C17H35O. The van der Waals surface area contributed by atoms with Gasteiger partial charge in [0.05, 0.1) is 6.61 Å². The minimum Gasteiger partial charge on any atom is -0.237 e. The topological polar surface area (TPSA) is 19.9 Å². The van der Waals surface area contributed by atoms with Gasteiger partial charge in [0.25, 0.3) is 0 Å². The summed E-state index contributed by atoms with van der Waals surface area (Å²) >= 11 is 0. The smallest absolute Gasteiger partial charge is 0.0822 e. The molecule has 0 aliphatic heterocycles. The second-order valence-corrected chi connectivity index (χ2v) is 5.74. The van der Waals surface area contributed by atoms with Gasteiger partial charge in [0.1, 0.15) is 0 Å². The molecule has 109 valence electrons. The van der Waals surface area contributed by atoms with Crippen LogP contribution in [0.3, 0.4) is 0 Å². The van der Waals surface area contributed by atoms with Crippen LogP contribution in [0.25, 0.3) is 0 Å². The van der Waals surface area contributed by atoms with Gasteiger partial charge in [-0.25, -0.2) is 5.11 Å². The lowest BCUT2D eigenvalue weighted by molar-refractivity contribution is 0.185. The minimum atomic E-state index is 0.120. The first-order valence-corrected chi connectivity index (χ1v) is 8.43. The van der Waals surface area contributed by atoms with Crippen molar-refractivity contribution in [1.29, 1.82) is 0 Å². The first kappa shape index (κ1) is 18.0. The molecule has 0 aromatic rings. The Hall–Kier alpha value is -0.0400. The van der Waals surface area contributed by atoms with Crippen LogP contribution < -0.4 is 0 Å². The highest BCUT2D eigenvalue weighted by Gasteiger charge is 2.05. The first-order chi connectivity index (χ1) is 8.85. The number of unbranched alkanes of at least 4 members (excludes halogenated alkanes) is 8. The Balaban J connectivity index is 3.29. The zero-order valence-corrected chi connectivity index (χ0v) is 12.9. The predicted molar refractivity (Wildman–Crippen MR) is 80.4 cm³/mol. The summed E-state index contributed by atoms with van der Waals surface area (Å²) in [5.74, 6) is 0.948. The van der Waals surface area contributed by atoms with E-state index < -0.39 is 0 Å². The first-order valence-electron chi connectivity index (χ1n) is 8.43. The van der Waals surface area contributed by atoms with Crippen LogP contribution in [0.1, 0.15) is 97.3 Å². The highest BCUT2D eigenvalue weighted by atomic mass is 16.2. The van der Waals surface area contributed by atoms with Crippen molar-refractivity contribution in [2.75, 3.05) is 6.61 Å². The lowest BCUT2D eigenvalue weighted by Crippen LogP contribution is -1.99. The molecule has 0 bridgehead atoms. The van der Waals surface area contributed by atoms with Crippen LogP contribution in [-0.4, -0.2) is 6.61 Å². The van der Waals surface area contributed by atoms with E-state index in [1.54, 1.807) is 0 Å². The van der Waals surface area contributed by atoms with Crippen molar-refractivity contribution in [3.63, 3.8) is 0 Å². The zero-order valence-electron chi connectivity index (χ0n) is 12.9. The van der Waals surface area contributed by atoms with Crippen LogP contribution in [0.5, 0.6) is 0 Å². The van der Waals surface area contributed by atoms with Crippen LogP contribution in [-0.2, 0) is 5.11 Å². The second-order valence-electron chi connectivity index (χ2n) is 5.74. The molecule has 0 rings (SSSR count). The van der Waals surface area contributed by atoms with Crippen LogP contribution in [0.4, 0.5) is 0 Å². The van der Waals surface area contributed by atoms with Gasteiger partial charge in [-0.3, -0.25) is 0 Å². The third kappa shape index (κ3) is 12.4. The molecule has 0 aliphatic carbocycles. The van der Waals surface area contributed by atoms with Gasteiger partial charge in [-0.05, 0) is 12.3 Å². The SMILES string of the molecule is CCCCCCCCC(CC)CCCCCC[O]. The summed E-state index contributed by atoms with van der Waals surface area (Å²) in [6.07, 6.45) is 17.3. The molecule has 0 spiro atoms. The Labute approximate surface area is 115 Å². The van der Waals surface area contributed by atoms with Crippen molar-refractivity contribution in [3.8, 4) is 0 Å². The summed E-state index contributed by atoms with van der Waals surface area (Å²) in [4.78, 5) is 0. The Kier molecular flexibility index (Phi) is 15.0. The average molecular weight is 255 g/mol. The molecular weight excluding hydrogens is 220 g/mol. The third-order valence-electron chi connectivity index (χ3n) is 4.05. The van der Waals surface area contributed by atoms with Crippen LogP contribution in [0.2, 0.25) is 0 Å². The van der Waals surface area contributed by atoms with Gasteiger partial charge in [0, 0.05) is 0 Å². The van der Waals surface area contributed by atoms with E-state index in [1.165, 1.54) is 70.6 Å². The molecule has 0 aliphatic rings. The van der Waals surface area contributed by atoms with E-state index in [1.807, 2.05) is 0 Å². The zero-order chi connectivity index (χ0) is 13.5. The standard InChI is InChI=1S/C17H35O/c1-3-5-6-7-8-11-14-17(4-2)15-12-9-10-13-16-18/h17H,3-16H2,1-2H3. The third-order valence-corrected chi connectivity index (χ3v) is 4.05. The van der Waals surface area contributed by atoms with E-state index in [0.717, 1.165) is 18.8 Å². The van der Waals surface area contributed by atoms with Gasteiger partial charge in [0.2, 0.25) is 0 Å². The van der Waals surface area contributed by atoms with E-state index >= 15 is 0 Å². The van der Waals surface area contributed by atoms with Gasteiger partial charge in [-0.15, -0.1) is 0 Å². The predicted octanol–water partition coefficient (Wildman–Crippen LogP) is 6.14. The van der Waals surface area contributed by atoms with E-state index in [9.17, 15) is 5.11 Å². The van der Waals surface area contributed by atoms with Crippen molar-refractivity contribution in [1.82, 2.24) is 0 Å². The van der Waals surface area contributed by atoms with Crippen molar-refractivity contribution < 1.29 is 5.11 Å². The molecule has 0 aromatic heterocycles. The molecule has 0 saturated heterocycles. The summed E-state index contributed by atoms with van der Waals surface area (Å²) in [7, 11) is 0. The van der Waals surface area contributed by atoms with Crippen molar-refractivity contribution >= 4 is 0 Å². The highest BCUT2D eigenvalue weighted by Crippen LogP contribution is 2.21. The molecule has 0 heterocycles. The maximum atomic E-state index is 10.3. The summed E-state index contributed by atoms with van der Waals surface area (Å²) < 4.78 is 0. The number of hydrogen-bond acceptors (Lipinski definition) is 0. The fourth-order valence-electron chi connectivity index (χ4n) is 2.65. The van der Waals surface area contributed by atoms with Crippen LogP contribution in [0.15, 0.2) is 0 Å². The summed E-state index contributed by atoms with van der Waals surface area (Å²) in [6.45, 7) is 4.73. The van der Waals surface area contributed by atoms with Gasteiger partial charge in [-0.1, -0.05) is 90.9 Å². The van der Waals surface area contributed by atoms with Crippen molar-refractivity contribution in [3.05, 3.63) is 0 Å². The second kappa shape index (κ2) is 15.0. The molecule has 1 heteroatoms. The van der Waals surface area contributed by atoms with E-state index in [-0.39, 0.29) is 6.61 Å². The monoisotopic (exact) mass is 255 g/mol. The summed E-state index contributed by atoms with van der Waals surface area (Å²) in [5.41, 5.74) is 0. The fraction of sp³-hybridized carbons (Fsp3) is 1.00. The highest BCUT2D eigenvalue weighted by molar-refractivity contribution is 4.59. The Bertz CT molecular complexity index is 145. The normalized spacial score (nSPS) is 12.8. The maximum absolute atomic E-state index is 10.3. The number of rotatable bonds is 14. The van der Waals surface area contributed by atoms with Crippen LogP contribution >= 0.6 is 0 Å². The number of hydrogen-bond donors (Lipinski definition) is 0. The summed E-state index contributed by atoms with van der Waals surface area (Å²) in [6, 6.07) is 0. The quantitative estimate of drug-likeness (QED) is 0.332. The summed E-state index contributed by atoms with van der Waals surface area (Å²) in [5, 5.41) is 10.3. The van der Waals surface area contributed by atoms with Gasteiger partial charge < -0.3 is 0 Å². The molecule has 0 aromatic carbocycles.